The average Bonchev–Trinajstić information content (AvgIpc) is 3.07. The van der Waals surface area contributed by atoms with Gasteiger partial charge in [-0.2, -0.15) is 0 Å². The lowest BCUT2D eigenvalue weighted by molar-refractivity contribution is -0.0371. The quantitative estimate of drug-likeness (QED) is 0.829. The SMILES string of the molecule is CC(C)C1CCCCC1NCC1CCC2(CCCC2)O1. The summed E-state index contributed by atoms with van der Waals surface area (Å²) in [5, 5.41) is 3.88. The highest BCUT2D eigenvalue weighted by molar-refractivity contribution is 4.94. The summed E-state index contributed by atoms with van der Waals surface area (Å²) in [7, 11) is 0. The van der Waals surface area contributed by atoms with Gasteiger partial charge in [0.1, 0.15) is 0 Å². The molecule has 2 heteroatoms. The van der Waals surface area contributed by atoms with Gasteiger partial charge in [-0.3, -0.25) is 0 Å². The van der Waals surface area contributed by atoms with Crippen LogP contribution in [-0.2, 0) is 4.74 Å². The second-order valence-electron chi connectivity index (χ2n) is 7.88. The molecule has 2 nitrogen and oxygen atoms in total. The van der Waals surface area contributed by atoms with Crippen molar-refractivity contribution in [3.8, 4) is 0 Å². The van der Waals surface area contributed by atoms with E-state index in [2.05, 4.69) is 19.2 Å². The molecule has 3 aliphatic rings. The predicted molar refractivity (Wildman–Crippen MR) is 83.9 cm³/mol. The first-order valence-corrected chi connectivity index (χ1v) is 9.10. The molecule has 2 aliphatic carbocycles. The summed E-state index contributed by atoms with van der Waals surface area (Å²) in [4.78, 5) is 0. The molecule has 3 unspecified atom stereocenters. The third-order valence-electron chi connectivity index (χ3n) is 6.14. The minimum absolute atomic E-state index is 0.302. The van der Waals surface area contributed by atoms with Crippen molar-refractivity contribution < 1.29 is 4.74 Å². The van der Waals surface area contributed by atoms with Crippen LogP contribution in [-0.4, -0.2) is 24.3 Å². The molecule has 1 heterocycles. The molecule has 0 amide bonds. The van der Waals surface area contributed by atoms with E-state index in [1.54, 1.807) is 0 Å². The van der Waals surface area contributed by atoms with Gasteiger partial charge in [0.15, 0.2) is 0 Å². The molecule has 0 aromatic carbocycles. The monoisotopic (exact) mass is 279 g/mol. The Morgan fingerprint density at radius 2 is 1.75 bits per heavy atom. The van der Waals surface area contributed by atoms with E-state index in [9.17, 15) is 0 Å². The van der Waals surface area contributed by atoms with Gasteiger partial charge in [0.25, 0.3) is 0 Å². The summed E-state index contributed by atoms with van der Waals surface area (Å²) in [6, 6.07) is 0.743. The molecule has 1 saturated heterocycles. The number of hydrogen-bond acceptors (Lipinski definition) is 2. The Labute approximate surface area is 125 Å². The molecule has 0 aromatic rings. The van der Waals surface area contributed by atoms with Gasteiger partial charge in [0.2, 0.25) is 0 Å². The fourth-order valence-electron chi connectivity index (χ4n) is 4.92. The Hall–Kier alpha value is -0.0800. The van der Waals surface area contributed by atoms with Crippen LogP contribution in [0.15, 0.2) is 0 Å². The van der Waals surface area contributed by atoms with Gasteiger partial charge in [0, 0.05) is 12.6 Å². The molecule has 1 N–H and O–H groups in total. The maximum absolute atomic E-state index is 6.43. The zero-order valence-corrected chi connectivity index (χ0v) is 13.5. The third kappa shape index (κ3) is 3.22. The lowest BCUT2D eigenvalue weighted by Crippen LogP contribution is -2.44. The van der Waals surface area contributed by atoms with E-state index >= 15 is 0 Å². The predicted octanol–water partition coefficient (Wildman–Crippen LogP) is 4.28. The smallest absolute Gasteiger partial charge is 0.0708 e. The minimum atomic E-state index is 0.302. The summed E-state index contributed by atoms with van der Waals surface area (Å²) in [6.45, 7) is 5.88. The second kappa shape index (κ2) is 6.36. The minimum Gasteiger partial charge on any atom is -0.370 e. The van der Waals surface area contributed by atoms with Crippen LogP contribution in [0.3, 0.4) is 0 Å². The topological polar surface area (TPSA) is 21.3 Å². The van der Waals surface area contributed by atoms with Crippen molar-refractivity contribution in [1.82, 2.24) is 5.32 Å². The largest absolute Gasteiger partial charge is 0.370 e. The highest BCUT2D eigenvalue weighted by Crippen LogP contribution is 2.43. The summed E-state index contributed by atoms with van der Waals surface area (Å²) < 4.78 is 6.43. The molecule has 0 radical (unpaired) electrons. The molecular formula is C18H33NO. The van der Waals surface area contributed by atoms with Gasteiger partial charge in [-0.1, -0.05) is 39.5 Å². The molecule has 0 bridgehead atoms. The highest BCUT2D eigenvalue weighted by atomic mass is 16.5. The van der Waals surface area contributed by atoms with E-state index in [1.807, 2.05) is 0 Å². The van der Waals surface area contributed by atoms with Gasteiger partial charge in [-0.15, -0.1) is 0 Å². The van der Waals surface area contributed by atoms with E-state index in [0.717, 1.165) is 24.4 Å². The summed E-state index contributed by atoms with van der Waals surface area (Å²) in [6.07, 6.45) is 14.2. The third-order valence-corrected chi connectivity index (χ3v) is 6.14. The normalized spacial score (nSPS) is 37.0. The van der Waals surface area contributed by atoms with Crippen LogP contribution < -0.4 is 5.32 Å². The Morgan fingerprint density at radius 3 is 2.50 bits per heavy atom. The average molecular weight is 279 g/mol. The van der Waals surface area contributed by atoms with Crippen LogP contribution in [0.5, 0.6) is 0 Å². The maximum Gasteiger partial charge on any atom is 0.0708 e. The summed E-state index contributed by atoms with van der Waals surface area (Å²) >= 11 is 0. The van der Waals surface area contributed by atoms with Crippen molar-refractivity contribution in [1.29, 1.82) is 0 Å². The van der Waals surface area contributed by atoms with Crippen LogP contribution in [0, 0.1) is 11.8 Å². The Balaban J connectivity index is 1.47. The van der Waals surface area contributed by atoms with Gasteiger partial charge >= 0.3 is 0 Å². The number of rotatable bonds is 4. The molecule has 3 rings (SSSR count). The summed E-state index contributed by atoms with van der Waals surface area (Å²) in [5.74, 6) is 1.70. The molecule has 0 aromatic heterocycles. The van der Waals surface area contributed by atoms with Gasteiger partial charge in [0.05, 0.1) is 11.7 Å². The van der Waals surface area contributed by atoms with E-state index in [-0.39, 0.29) is 0 Å². The molecule has 116 valence electrons. The Bertz CT molecular complexity index is 309. The van der Waals surface area contributed by atoms with Crippen LogP contribution in [0.4, 0.5) is 0 Å². The Morgan fingerprint density at radius 1 is 1.00 bits per heavy atom. The van der Waals surface area contributed by atoms with Crippen molar-refractivity contribution in [2.24, 2.45) is 11.8 Å². The summed E-state index contributed by atoms with van der Waals surface area (Å²) in [5.41, 5.74) is 0.302. The van der Waals surface area contributed by atoms with Crippen LogP contribution in [0.1, 0.15) is 78.1 Å². The standard InChI is InChI=1S/C18H33NO/c1-14(2)16-7-3-4-8-17(16)19-13-15-9-12-18(20-15)10-5-6-11-18/h14-17,19H,3-13H2,1-2H3. The maximum atomic E-state index is 6.43. The molecule has 1 spiro atoms. The number of hydrogen-bond donors (Lipinski definition) is 1. The van der Waals surface area contributed by atoms with Crippen molar-refractivity contribution in [2.75, 3.05) is 6.54 Å². The number of ether oxygens (including phenoxy) is 1. The van der Waals surface area contributed by atoms with Gasteiger partial charge in [-0.05, 0) is 50.4 Å². The first-order chi connectivity index (χ1) is 9.69. The zero-order valence-electron chi connectivity index (χ0n) is 13.5. The van der Waals surface area contributed by atoms with Gasteiger partial charge in [-0.25, -0.2) is 0 Å². The van der Waals surface area contributed by atoms with Crippen LogP contribution in [0.25, 0.3) is 0 Å². The van der Waals surface area contributed by atoms with Crippen molar-refractivity contribution >= 4 is 0 Å². The number of nitrogens with one attached hydrogen (secondary N) is 1. The van der Waals surface area contributed by atoms with Crippen molar-refractivity contribution in [3.05, 3.63) is 0 Å². The van der Waals surface area contributed by atoms with Crippen LogP contribution >= 0.6 is 0 Å². The Kier molecular flexibility index (Phi) is 4.72. The molecule has 3 fully saturated rings. The lowest BCUT2D eigenvalue weighted by atomic mass is 9.78. The van der Waals surface area contributed by atoms with Crippen molar-refractivity contribution in [3.63, 3.8) is 0 Å². The zero-order chi connectivity index (χ0) is 14.0. The van der Waals surface area contributed by atoms with E-state index < -0.39 is 0 Å². The second-order valence-corrected chi connectivity index (χ2v) is 7.88. The molecule has 3 atom stereocenters. The molecular weight excluding hydrogens is 246 g/mol. The molecule has 2 saturated carbocycles. The van der Waals surface area contributed by atoms with Crippen molar-refractivity contribution in [2.45, 2.75) is 95.8 Å². The first kappa shape index (κ1) is 14.8. The molecule has 1 aliphatic heterocycles. The first-order valence-electron chi connectivity index (χ1n) is 9.10. The fraction of sp³-hybridized carbons (Fsp3) is 1.00. The fourth-order valence-corrected chi connectivity index (χ4v) is 4.92. The van der Waals surface area contributed by atoms with E-state index in [1.165, 1.54) is 64.2 Å². The highest BCUT2D eigenvalue weighted by Gasteiger charge is 2.42. The van der Waals surface area contributed by atoms with Gasteiger partial charge < -0.3 is 10.1 Å². The lowest BCUT2D eigenvalue weighted by Gasteiger charge is -2.36. The molecule has 20 heavy (non-hydrogen) atoms. The van der Waals surface area contributed by atoms with E-state index in [0.29, 0.717) is 11.7 Å². The van der Waals surface area contributed by atoms with Crippen LogP contribution in [0.2, 0.25) is 0 Å². The van der Waals surface area contributed by atoms with E-state index in [4.69, 9.17) is 4.74 Å².